The molecule has 7 nitrogen and oxygen atoms in total. The monoisotopic (exact) mass is 387 g/mol. The molecule has 142 valence electrons. The van der Waals surface area contributed by atoms with Crippen LogP contribution >= 0.6 is 0 Å². The van der Waals surface area contributed by atoms with E-state index in [-0.39, 0.29) is 22.6 Å². The predicted molar refractivity (Wildman–Crippen MR) is 102 cm³/mol. The minimum Gasteiger partial charge on any atom is -0.326 e. The van der Waals surface area contributed by atoms with Crippen LogP contribution in [0.4, 0.5) is 5.69 Å². The first-order valence-electron chi connectivity index (χ1n) is 8.42. The first-order valence-corrected chi connectivity index (χ1v) is 9.90. The highest BCUT2D eigenvalue weighted by Gasteiger charge is 2.22. The molecule has 2 amide bonds. The number of benzene rings is 2. The van der Waals surface area contributed by atoms with E-state index in [9.17, 15) is 18.0 Å². The highest BCUT2D eigenvalue weighted by Crippen LogP contribution is 2.25. The van der Waals surface area contributed by atoms with E-state index in [1.165, 1.54) is 18.2 Å². The Morgan fingerprint density at radius 1 is 1.07 bits per heavy atom. The molecular formula is C19H21N3O4S. The van der Waals surface area contributed by atoms with E-state index in [0.29, 0.717) is 16.8 Å². The molecule has 1 aliphatic rings. The van der Waals surface area contributed by atoms with Gasteiger partial charge in [0.1, 0.15) is 0 Å². The fourth-order valence-corrected chi connectivity index (χ4v) is 3.63. The molecule has 0 saturated carbocycles. The van der Waals surface area contributed by atoms with E-state index in [1.807, 2.05) is 12.1 Å². The van der Waals surface area contributed by atoms with Crippen molar-refractivity contribution in [1.29, 1.82) is 0 Å². The molecule has 1 heterocycles. The van der Waals surface area contributed by atoms with E-state index in [2.05, 4.69) is 36.3 Å². The third-order valence-electron chi connectivity index (χ3n) is 4.32. The Bertz CT molecular complexity index is 1010. The maximum absolute atomic E-state index is 12.4. The molecule has 0 aromatic heterocycles. The van der Waals surface area contributed by atoms with Gasteiger partial charge in [0.05, 0.1) is 11.3 Å². The highest BCUT2D eigenvalue weighted by atomic mass is 32.2. The van der Waals surface area contributed by atoms with E-state index in [4.69, 9.17) is 0 Å². The molecule has 1 aliphatic heterocycles. The zero-order valence-electron chi connectivity index (χ0n) is 15.3. The summed E-state index contributed by atoms with van der Waals surface area (Å²) in [6, 6.07) is 11.3. The number of hydrogen-bond acceptors (Lipinski definition) is 4. The number of amides is 2. The van der Waals surface area contributed by atoms with Gasteiger partial charge in [-0.25, -0.2) is 8.42 Å². The summed E-state index contributed by atoms with van der Waals surface area (Å²) in [4.78, 5) is 25.7. The van der Waals surface area contributed by atoms with Crippen molar-refractivity contribution < 1.29 is 18.0 Å². The Morgan fingerprint density at radius 2 is 1.74 bits per heavy atom. The predicted octanol–water partition coefficient (Wildman–Crippen LogP) is 2.10. The van der Waals surface area contributed by atoms with Crippen molar-refractivity contribution in [3.05, 3.63) is 59.2 Å². The molecule has 0 unspecified atom stereocenters. The number of carbonyl (C=O) groups excluding carboxylic acids is 2. The molecule has 0 fully saturated rings. The van der Waals surface area contributed by atoms with Crippen LogP contribution in [0.1, 0.15) is 42.3 Å². The lowest BCUT2D eigenvalue weighted by atomic mass is 9.87. The largest absolute Gasteiger partial charge is 0.326 e. The van der Waals surface area contributed by atoms with Crippen LogP contribution in [0.3, 0.4) is 0 Å². The lowest BCUT2D eigenvalue weighted by molar-refractivity contribution is -0.115. The van der Waals surface area contributed by atoms with Crippen LogP contribution in [-0.4, -0.2) is 20.2 Å². The van der Waals surface area contributed by atoms with Gasteiger partial charge in [0.15, 0.2) is 0 Å². The van der Waals surface area contributed by atoms with Gasteiger partial charge in [0.25, 0.3) is 15.9 Å². The average Bonchev–Trinajstić information content (AvgIpc) is 2.98. The van der Waals surface area contributed by atoms with Gasteiger partial charge in [0, 0.05) is 11.3 Å². The summed E-state index contributed by atoms with van der Waals surface area (Å²) in [7, 11) is -3.95. The second-order valence-electron chi connectivity index (χ2n) is 7.43. The lowest BCUT2D eigenvalue weighted by Crippen LogP contribution is -2.41. The van der Waals surface area contributed by atoms with Crippen LogP contribution in [-0.2, 0) is 26.7 Å². The number of anilines is 1. The highest BCUT2D eigenvalue weighted by molar-refractivity contribution is 7.89. The molecule has 3 rings (SSSR count). The van der Waals surface area contributed by atoms with E-state index in [1.54, 1.807) is 12.1 Å². The Labute approximate surface area is 158 Å². The molecule has 2 aromatic rings. The van der Waals surface area contributed by atoms with Crippen LogP contribution in [0.15, 0.2) is 47.4 Å². The smallest absolute Gasteiger partial charge is 0.266 e. The third-order valence-corrected chi connectivity index (χ3v) is 5.57. The molecule has 27 heavy (non-hydrogen) atoms. The van der Waals surface area contributed by atoms with Gasteiger partial charge in [-0.1, -0.05) is 32.9 Å². The molecular weight excluding hydrogens is 366 g/mol. The van der Waals surface area contributed by atoms with Crippen LogP contribution in [0.2, 0.25) is 0 Å². The maximum Gasteiger partial charge on any atom is 0.266 e. The zero-order valence-corrected chi connectivity index (χ0v) is 16.1. The molecule has 0 atom stereocenters. The third kappa shape index (κ3) is 4.17. The number of fused-ring (bicyclic) bond motifs is 1. The van der Waals surface area contributed by atoms with Crippen LogP contribution in [0, 0.1) is 0 Å². The first-order chi connectivity index (χ1) is 12.6. The normalized spacial score (nSPS) is 13.8. The van der Waals surface area contributed by atoms with Gasteiger partial charge in [-0.3, -0.25) is 15.0 Å². The SMILES string of the molecule is CC(C)(C)c1ccc(C(=O)NNS(=O)(=O)c2ccc3c(c2)CC(=O)N3)cc1. The van der Waals surface area contributed by atoms with Gasteiger partial charge < -0.3 is 5.32 Å². The Kier molecular flexibility index (Phi) is 4.79. The summed E-state index contributed by atoms with van der Waals surface area (Å²) in [5.74, 6) is -0.739. The summed E-state index contributed by atoms with van der Waals surface area (Å²) in [5, 5.41) is 2.64. The lowest BCUT2D eigenvalue weighted by Gasteiger charge is -2.19. The van der Waals surface area contributed by atoms with Crippen LogP contribution in [0.25, 0.3) is 0 Å². The van der Waals surface area contributed by atoms with Crippen molar-refractivity contribution in [2.45, 2.75) is 37.5 Å². The van der Waals surface area contributed by atoms with E-state index >= 15 is 0 Å². The minimum atomic E-state index is -3.95. The molecule has 0 saturated heterocycles. The number of rotatable bonds is 4. The number of hydrazine groups is 1. The number of nitrogens with one attached hydrogen (secondary N) is 3. The first kappa shape index (κ1) is 19.1. The second-order valence-corrected chi connectivity index (χ2v) is 9.11. The number of sulfonamides is 1. The van der Waals surface area contributed by atoms with E-state index in [0.717, 1.165) is 5.56 Å². The van der Waals surface area contributed by atoms with Gasteiger partial charge in [-0.15, -0.1) is 4.83 Å². The minimum absolute atomic E-state index is 0.0267. The molecule has 8 heteroatoms. The standard InChI is InChI=1S/C19H21N3O4S/c1-19(2,3)14-6-4-12(5-7-14)18(24)21-22-27(25,26)15-8-9-16-13(10-15)11-17(23)20-16/h4-10,22H,11H2,1-3H3,(H,20,23)(H,21,24). The average molecular weight is 387 g/mol. The summed E-state index contributed by atoms with van der Waals surface area (Å²) in [6.45, 7) is 6.20. The fourth-order valence-electron chi connectivity index (χ4n) is 2.74. The Morgan fingerprint density at radius 3 is 2.37 bits per heavy atom. The van der Waals surface area contributed by atoms with Gasteiger partial charge >= 0.3 is 0 Å². The topological polar surface area (TPSA) is 104 Å². The Hall–Kier alpha value is -2.71. The molecule has 0 radical (unpaired) electrons. The molecule has 0 bridgehead atoms. The van der Waals surface area contributed by atoms with Gasteiger partial charge in [-0.05, 0) is 46.9 Å². The van der Waals surface area contributed by atoms with Crippen LogP contribution < -0.4 is 15.6 Å². The summed E-state index contributed by atoms with van der Waals surface area (Å²) < 4.78 is 24.8. The van der Waals surface area contributed by atoms with Gasteiger partial charge in [0.2, 0.25) is 5.91 Å². The fraction of sp³-hybridized carbons (Fsp3) is 0.263. The molecule has 2 aromatic carbocycles. The number of hydrogen-bond donors (Lipinski definition) is 3. The maximum atomic E-state index is 12.4. The summed E-state index contributed by atoms with van der Waals surface area (Å²) >= 11 is 0. The quantitative estimate of drug-likeness (QED) is 0.699. The van der Waals surface area contributed by atoms with Crippen LogP contribution in [0.5, 0.6) is 0 Å². The molecule has 3 N–H and O–H groups in total. The van der Waals surface area contributed by atoms with Crippen molar-refractivity contribution in [1.82, 2.24) is 10.3 Å². The van der Waals surface area contributed by atoms with E-state index < -0.39 is 15.9 Å². The number of carbonyl (C=O) groups is 2. The Balaban J connectivity index is 1.69. The van der Waals surface area contributed by atoms with Crippen molar-refractivity contribution in [3.8, 4) is 0 Å². The van der Waals surface area contributed by atoms with Crippen molar-refractivity contribution >= 4 is 27.5 Å². The van der Waals surface area contributed by atoms with Crippen molar-refractivity contribution in [3.63, 3.8) is 0 Å². The molecule has 0 aliphatic carbocycles. The van der Waals surface area contributed by atoms with Crippen molar-refractivity contribution in [2.75, 3.05) is 5.32 Å². The summed E-state index contributed by atoms with van der Waals surface area (Å²) in [6.07, 6.45) is 0.130. The molecule has 0 spiro atoms. The summed E-state index contributed by atoms with van der Waals surface area (Å²) in [5.41, 5.74) is 4.79. The van der Waals surface area contributed by atoms with Gasteiger partial charge in [-0.2, -0.15) is 0 Å². The van der Waals surface area contributed by atoms with Crippen molar-refractivity contribution in [2.24, 2.45) is 0 Å². The zero-order chi connectivity index (χ0) is 19.8. The second kappa shape index (κ2) is 6.79.